The number of anilines is 2. The van der Waals surface area contributed by atoms with Gasteiger partial charge in [0, 0.05) is 31.2 Å². The van der Waals surface area contributed by atoms with Gasteiger partial charge in [0.05, 0.1) is 5.56 Å². The van der Waals surface area contributed by atoms with Gasteiger partial charge in [0.15, 0.2) is 5.65 Å². The molecule has 26 heavy (non-hydrogen) atoms. The summed E-state index contributed by atoms with van der Waals surface area (Å²) in [4.78, 5) is 6.91. The van der Waals surface area contributed by atoms with Crippen molar-refractivity contribution in [1.82, 2.24) is 24.8 Å². The number of aromatic nitrogens is 5. The van der Waals surface area contributed by atoms with Crippen molar-refractivity contribution >= 4 is 17.3 Å². The summed E-state index contributed by atoms with van der Waals surface area (Å²) in [5.41, 5.74) is 3.78. The number of hydrogen-bond acceptors (Lipinski definition) is 7. The minimum Gasteiger partial charge on any atom is -0.369 e. The first kappa shape index (κ1) is 15.1. The Balaban J connectivity index is 1.22. The summed E-state index contributed by atoms with van der Waals surface area (Å²) in [5, 5.41) is 25.1. The topological polar surface area (TPSA) is 95.0 Å². The van der Waals surface area contributed by atoms with Crippen LogP contribution in [0.3, 0.4) is 0 Å². The van der Waals surface area contributed by atoms with E-state index in [0.29, 0.717) is 11.5 Å². The van der Waals surface area contributed by atoms with Gasteiger partial charge in [0.25, 0.3) is 0 Å². The van der Waals surface area contributed by atoms with Gasteiger partial charge in [0.2, 0.25) is 0 Å². The Hall–Kier alpha value is -3.21. The molecular formula is C18H18N8. The number of rotatable bonds is 4. The second-order valence-electron chi connectivity index (χ2n) is 6.93. The first-order valence-electron chi connectivity index (χ1n) is 8.89. The lowest BCUT2D eigenvalue weighted by Crippen LogP contribution is -2.50. The SMILES string of the molecule is N#Cc1cc2c(nc1NCC1CN(c3ccc4nncn4n3)C1)CCC2. The molecule has 8 heteroatoms. The smallest absolute Gasteiger partial charge is 0.177 e. The second kappa shape index (κ2) is 5.95. The molecule has 2 aliphatic rings. The van der Waals surface area contributed by atoms with Crippen LogP contribution in [0.5, 0.6) is 0 Å². The van der Waals surface area contributed by atoms with Crippen LogP contribution in [-0.2, 0) is 12.8 Å². The summed E-state index contributed by atoms with van der Waals surface area (Å²) in [6, 6.07) is 8.18. The van der Waals surface area contributed by atoms with Gasteiger partial charge in [-0.1, -0.05) is 0 Å². The molecule has 3 aromatic rings. The van der Waals surface area contributed by atoms with Crippen LogP contribution < -0.4 is 10.2 Å². The Bertz CT molecular complexity index is 1010. The van der Waals surface area contributed by atoms with Crippen LogP contribution in [0.25, 0.3) is 5.65 Å². The zero-order valence-electron chi connectivity index (χ0n) is 14.3. The zero-order valence-corrected chi connectivity index (χ0v) is 14.3. The van der Waals surface area contributed by atoms with E-state index in [1.54, 1.807) is 10.8 Å². The Labute approximate surface area is 150 Å². The van der Waals surface area contributed by atoms with Crippen LogP contribution in [0.4, 0.5) is 11.6 Å². The van der Waals surface area contributed by atoms with Gasteiger partial charge in [-0.15, -0.1) is 15.3 Å². The molecule has 5 rings (SSSR count). The normalized spacial score (nSPS) is 16.3. The zero-order chi connectivity index (χ0) is 17.5. The molecule has 8 nitrogen and oxygen atoms in total. The molecule has 1 fully saturated rings. The van der Waals surface area contributed by atoms with Crippen molar-refractivity contribution in [3.05, 3.63) is 41.3 Å². The minimum atomic E-state index is 0.509. The second-order valence-corrected chi connectivity index (χ2v) is 6.93. The highest BCUT2D eigenvalue weighted by Gasteiger charge is 2.28. The van der Waals surface area contributed by atoms with Gasteiger partial charge < -0.3 is 10.2 Å². The molecule has 0 bridgehead atoms. The predicted molar refractivity (Wildman–Crippen MR) is 96.0 cm³/mol. The Kier molecular flexibility index (Phi) is 3.45. The summed E-state index contributed by atoms with van der Waals surface area (Å²) in [5.74, 6) is 2.17. The number of fused-ring (bicyclic) bond motifs is 2. The molecule has 0 amide bonds. The van der Waals surface area contributed by atoms with Gasteiger partial charge >= 0.3 is 0 Å². The highest BCUT2D eigenvalue weighted by atomic mass is 15.4. The number of aryl methyl sites for hydroxylation is 2. The lowest BCUT2D eigenvalue weighted by molar-refractivity contribution is 0.424. The van der Waals surface area contributed by atoms with Crippen LogP contribution in [0, 0.1) is 17.2 Å². The molecule has 0 radical (unpaired) electrons. The fraction of sp³-hybridized carbons (Fsp3) is 0.389. The summed E-state index contributed by atoms with van der Waals surface area (Å²) in [7, 11) is 0. The van der Waals surface area contributed by atoms with E-state index in [-0.39, 0.29) is 0 Å². The number of nitrogens with one attached hydrogen (secondary N) is 1. The molecule has 0 aromatic carbocycles. The lowest BCUT2D eigenvalue weighted by Gasteiger charge is -2.40. The monoisotopic (exact) mass is 346 g/mol. The Morgan fingerprint density at radius 2 is 2.19 bits per heavy atom. The van der Waals surface area contributed by atoms with E-state index in [2.05, 4.69) is 36.6 Å². The van der Waals surface area contributed by atoms with Crippen molar-refractivity contribution in [3.8, 4) is 6.07 Å². The van der Waals surface area contributed by atoms with Crippen LogP contribution in [-0.4, -0.2) is 44.4 Å². The fourth-order valence-corrected chi connectivity index (χ4v) is 3.71. The number of nitrogens with zero attached hydrogens (tertiary/aromatic N) is 7. The third-order valence-corrected chi connectivity index (χ3v) is 5.16. The summed E-state index contributed by atoms with van der Waals surface area (Å²) in [6.45, 7) is 2.67. The third-order valence-electron chi connectivity index (χ3n) is 5.16. The number of pyridine rings is 1. The van der Waals surface area contributed by atoms with Crippen molar-refractivity contribution in [2.24, 2.45) is 5.92 Å². The summed E-state index contributed by atoms with van der Waals surface area (Å²) < 4.78 is 1.69. The van der Waals surface area contributed by atoms with Gasteiger partial charge in [-0.05, 0) is 43.0 Å². The van der Waals surface area contributed by atoms with E-state index in [9.17, 15) is 5.26 Å². The van der Waals surface area contributed by atoms with Crippen LogP contribution in [0.2, 0.25) is 0 Å². The number of hydrogen-bond donors (Lipinski definition) is 1. The Morgan fingerprint density at radius 1 is 1.27 bits per heavy atom. The quantitative estimate of drug-likeness (QED) is 0.763. The van der Waals surface area contributed by atoms with E-state index in [1.165, 1.54) is 5.56 Å². The van der Waals surface area contributed by atoms with Crippen molar-refractivity contribution in [3.63, 3.8) is 0 Å². The van der Waals surface area contributed by atoms with Gasteiger partial charge in [-0.3, -0.25) is 0 Å². The molecular weight excluding hydrogens is 328 g/mol. The molecule has 1 N–H and O–H groups in total. The van der Waals surface area contributed by atoms with E-state index in [0.717, 1.165) is 61.9 Å². The molecule has 0 unspecified atom stereocenters. The molecule has 1 aliphatic heterocycles. The van der Waals surface area contributed by atoms with E-state index < -0.39 is 0 Å². The highest BCUT2D eigenvalue weighted by Crippen LogP contribution is 2.26. The molecule has 0 saturated carbocycles. The van der Waals surface area contributed by atoms with E-state index >= 15 is 0 Å². The minimum absolute atomic E-state index is 0.509. The van der Waals surface area contributed by atoms with Gasteiger partial charge in [-0.25, -0.2) is 4.98 Å². The van der Waals surface area contributed by atoms with Crippen LogP contribution in [0.1, 0.15) is 23.2 Å². The van der Waals surface area contributed by atoms with Crippen molar-refractivity contribution < 1.29 is 0 Å². The standard InChI is InChI=1S/C18H18N8/c19-7-14-6-13-2-1-3-15(13)22-18(14)20-8-12-9-25(10-12)17-5-4-16-23-21-11-26(16)24-17/h4-6,11-12H,1-3,8-10H2,(H,20,22). The molecule has 0 atom stereocenters. The molecule has 0 spiro atoms. The van der Waals surface area contributed by atoms with Gasteiger partial charge in [0.1, 0.15) is 24.0 Å². The van der Waals surface area contributed by atoms with E-state index in [1.807, 2.05) is 18.2 Å². The average Bonchev–Trinajstić information content (AvgIpc) is 3.27. The van der Waals surface area contributed by atoms with Crippen molar-refractivity contribution in [2.45, 2.75) is 19.3 Å². The molecule has 4 heterocycles. The average molecular weight is 346 g/mol. The summed E-state index contributed by atoms with van der Waals surface area (Å²) >= 11 is 0. The van der Waals surface area contributed by atoms with Crippen molar-refractivity contribution in [1.29, 1.82) is 5.26 Å². The predicted octanol–water partition coefficient (Wildman–Crippen LogP) is 1.43. The van der Waals surface area contributed by atoms with Crippen LogP contribution >= 0.6 is 0 Å². The first-order valence-corrected chi connectivity index (χ1v) is 8.89. The molecule has 3 aromatic heterocycles. The Morgan fingerprint density at radius 3 is 3.08 bits per heavy atom. The highest BCUT2D eigenvalue weighted by molar-refractivity contribution is 5.55. The number of nitriles is 1. The van der Waals surface area contributed by atoms with Gasteiger partial charge in [-0.2, -0.15) is 9.78 Å². The van der Waals surface area contributed by atoms with Crippen molar-refractivity contribution in [2.75, 3.05) is 29.9 Å². The largest absolute Gasteiger partial charge is 0.369 e. The molecule has 130 valence electrons. The molecule has 1 saturated heterocycles. The van der Waals surface area contributed by atoms with E-state index in [4.69, 9.17) is 0 Å². The maximum Gasteiger partial charge on any atom is 0.177 e. The summed E-state index contributed by atoms with van der Waals surface area (Å²) in [6.07, 6.45) is 4.81. The molecule has 1 aliphatic carbocycles. The van der Waals surface area contributed by atoms with Crippen LogP contribution in [0.15, 0.2) is 24.5 Å². The fourth-order valence-electron chi connectivity index (χ4n) is 3.71. The lowest BCUT2D eigenvalue weighted by atomic mass is 10.00. The first-order chi connectivity index (χ1) is 12.8. The maximum absolute atomic E-state index is 9.39. The third kappa shape index (κ3) is 2.52. The maximum atomic E-state index is 9.39.